The quantitative estimate of drug-likeness (QED) is 0.798. The number of hydrogen-bond acceptors (Lipinski definition) is 4. The molecule has 0 aromatic carbocycles. The summed E-state index contributed by atoms with van der Waals surface area (Å²) in [5.41, 5.74) is 7.73. The number of nitrogens with zero attached hydrogens (tertiary/aromatic N) is 2. The highest BCUT2D eigenvalue weighted by molar-refractivity contribution is 7.80. The van der Waals surface area contributed by atoms with E-state index in [1.807, 2.05) is 13.0 Å². The molecule has 0 amide bonds. The molecule has 0 saturated heterocycles. The molecule has 1 heterocycles. The summed E-state index contributed by atoms with van der Waals surface area (Å²) >= 11 is 5.14. The molecule has 5 heteroatoms. The minimum atomic E-state index is 0.308. The maximum atomic E-state index is 5.82. The van der Waals surface area contributed by atoms with E-state index in [0.717, 1.165) is 23.5 Å². The summed E-state index contributed by atoms with van der Waals surface area (Å²) in [4.78, 5) is 6.98. The molecular weight excluding hydrogens is 246 g/mol. The van der Waals surface area contributed by atoms with Gasteiger partial charge < -0.3 is 15.4 Å². The Morgan fingerprint density at radius 1 is 1.56 bits per heavy atom. The van der Waals surface area contributed by atoms with Crippen LogP contribution in [0.5, 0.6) is 0 Å². The molecule has 1 rings (SSSR count). The van der Waals surface area contributed by atoms with E-state index in [-0.39, 0.29) is 0 Å². The molecule has 0 aliphatic carbocycles. The highest BCUT2D eigenvalue weighted by Gasteiger charge is 2.18. The van der Waals surface area contributed by atoms with Crippen LogP contribution in [0.15, 0.2) is 12.3 Å². The van der Waals surface area contributed by atoms with Gasteiger partial charge in [-0.25, -0.2) is 4.98 Å². The fraction of sp³-hybridized carbons (Fsp3) is 0.538. The Morgan fingerprint density at radius 3 is 2.72 bits per heavy atom. The Morgan fingerprint density at radius 2 is 2.22 bits per heavy atom. The second-order valence-electron chi connectivity index (χ2n) is 4.47. The standard InChI is InChI=1S/C13H21N3OS/c1-9(2)16(7-8-17-4)13-11(12(14)18)10(3)5-6-15-13/h5-6,9H,7-8H2,1-4H3,(H2,14,18). The Labute approximate surface area is 114 Å². The lowest BCUT2D eigenvalue weighted by Crippen LogP contribution is -2.36. The second kappa shape index (κ2) is 6.66. The average Bonchev–Trinajstić information content (AvgIpc) is 2.28. The van der Waals surface area contributed by atoms with Crippen LogP contribution in [-0.2, 0) is 4.74 Å². The number of ether oxygens (including phenoxy) is 1. The van der Waals surface area contributed by atoms with Crippen molar-refractivity contribution in [2.75, 3.05) is 25.2 Å². The summed E-state index contributed by atoms with van der Waals surface area (Å²) in [5, 5.41) is 0. The fourth-order valence-electron chi connectivity index (χ4n) is 1.86. The van der Waals surface area contributed by atoms with Gasteiger partial charge in [-0.05, 0) is 32.4 Å². The molecule has 0 spiro atoms. The van der Waals surface area contributed by atoms with Crippen LogP contribution < -0.4 is 10.6 Å². The van der Waals surface area contributed by atoms with Gasteiger partial charge >= 0.3 is 0 Å². The highest BCUT2D eigenvalue weighted by Crippen LogP contribution is 2.22. The molecular formula is C13H21N3OS. The summed E-state index contributed by atoms with van der Waals surface area (Å²) in [6.45, 7) is 7.63. The van der Waals surface area contributed by atoms with Crippen LogP contribution in [0, 0.1) is 6.92 Å². The van der Waals surface area contributed by atoms with Crippen molar-refractivity contribution in [1.29, 1.82) is 0 Å². The molecule has 0 fully saturated rings. The topological polar surface area (TPSA) is 51.4 Å². The van der Waals surface area contributed by atoms with E-state index >= 15 is 0 Å². The van der Waals surface area contributed by atoms with Crippen LogP contribution >= 0.6 is 12.2 Å². The molecule has 0 aliphatic rings. The number of aromatic nitrogens is 1. The van der Waals surface area contributed by atoms with E-state index in [1.54, 1.807) is 13.3 Å². The van der Waals surface area contributed by atoms with Crippen molar-refractivity contribution in [3.05, 3.63) is 23.4 Å². The van der Waals surface area contributed by atoms with Crippen molar-refractivity contribution < 1.29 is 4.74 Å². The van der Waals surface area contributed by atoms with Gasteiger partial charge in [-0.2, -0.15) is 0 Å². The molecule has 1 aromatic heterocycles. The molecule has 0 atom stereocenters. The van der Waals surface area contributed by atoms with Crippen molar-refractivity contribution in [1.82, 2.24) is 4.98 Å². The lowest BCUT2D eigenvalue weighted by atomic mass is 10.1. The Bertz CT molecular complexity index is 421. The minimum absolute atomic E-state index is 0.308. The third-order valence-electron chi connectivity index (χ3n) is 2.82. The van der Waals surface area contributed by atoms with Crippen molar-refractivity contribution in [3.8, 4) is 0 Å². The van der Waals surface area contributed by atoms with E-state index in [1.165, 1.54) is 0 Å². The number of hydrogen-bond donors (Lipinski definition) is 1. The van der Waals surface area contributed by atoms with Crippen molar-refractivity contribution >= 4 is 23.0 Å². The van der Waals surface area contributed by atoms with Crippen LogP contribution in [-0.4, -0.2) is 36.3 Å². The lowest BCUT2D eigenvalue weighted by Gasteiger charge is -2.29. The number of aryl methyl sites for hydroxylation is 1. The Kier molecular flexibility index (Phi) is 5.50. The van der Waals surface area contributed by atoms with Gasteiger partial charge in [-0.1, -0.05) is 12.2 Å². The molecule has 0 bridgehead atoms. The molecule has 18 heavy (non-hydrogen) atoms. The predicted molar refractivity (Wildman–Crippen MR) is 79.2 cm³/mol. The first-order valence-corrected chi connectivity index (χ1v) is 6.40. The van der Waals surface area contributed by atoms with Crippen molar-refractivity contribution in [2.45, 2.75) is 26.8 Å². The first-order valence-electron chi connectivity index (χ1n) is 6.00. The number of rotatable bonds is 6. The summed E-state index contributed by atoms with van der Waals surface area (Å²) in [6, 6.07) is 2.23. The molecule has 100 valence electrons. The van der Waals surface area contributed by atoms with Crippen LogP contribution in [0.2, 0.25) is 0 Å². The third kappa shape index (κ3) is 3.40. The van der Waals surface area contributed by atoms with Crippen LogP contribution in [0.3, 0.4) is 0 Å². The number of thiocarbonyl (C=S) groups is 1. The van der Waals surface area contributed by atoms with E-state index < -0.39 is 0 Å². The molecule has 4 nitrogen and oxygen atoms in total. The van der Waals surface area contributed by atoms with Crippen LogP contribution in [0.4, 0.5) is 5.82 Å². The second-order valence-corrected chi connectivity index (χ2v) is 4.91. The number of methoxy groups -OCH3 is 1. The summed E-state index contributed by atoms with van der Waals surface area (Å²) < 4.78 is 5.14. The minimum Gasteiger partial charge on any atom is -0.389 e. The van der Waals surface area contributed by atoms with Crippen molar-refractivity contribution in [2.24, 2.45) is 5.73 Å². The maximum absolute atomic E-state index is 5.82. The average molecular weight is 267 g/mol. The van der Waals surface area contributed by atoms with Gasteiger partial charge in [-0.15, -0.1) is 0 Å². The van der Waals surface area contributed by atoms with Gasteiger partial charge in [0.1, 0.15) is 10.8 Å². The van der Waals surface area contributed by atoms with Gasteiger partial charge in [-0.3, -0.25) is 0 Å². The van der Waals surface area contributed by atoms with Gasteiger partial charge in [0.15, 0.2) is 0 Å². The molecule has 1 aromatic rings. The molecule has 0 saturated carbocycles. The lowest BCUT2D eigenvalue weighted by molar-refractivity contribution is 0.203. The van der Waals surface area contributed by atoms with E-state index in [0.29, 0.717) is 17.6 Å². The van der Waals surface area contributed by atoms with Gasteiger partial charge in [0.05, 0.1) is 12.2 Å². The summed E-state index contributed by atoms with van der Waals surface area (Å²) in [5.74, 6) is 0.842. The number of nitrogens with two attached hydrogens (primary N) is 1. The van der Waals surface area contributed by atoms with Gasteiger partial charge in [0, 0.05) is 25.9 Å². The third-order valence-corrected chi connectivity index (χ3v) is 3.02. The zero-order valence-electron chi connectivity index (χ0n) is 11.4. The Hall–Kier alpha value is -1.20. The SMILES string of the molecule is COCCN(c1nccc(C)c1C(N)=S)C(C)C. The largest absolute Gasteiger partial charge is 0.389 e. The molecule has 0 radical (unpaired) electrons. The smallest absolute Gasteiger partial charge is 0.139 e. The normalized spacial score (nSPS) is 10.7. The summed E-state index contributed by atoms with van der Waals surface area (Å²) in [7, 11) is 1.69. The number of anilines is 1. The van der Waals surface area contributed by atoms with Gasteiger partial charge in [0.2, 0.25) is 0 Å². The van der Waals surface area contributed by atoms with Crippen LogP contribution in [0.25, 0.3) is 0 Å². The maximum Gasteiger partial charge on any atom is 0.139 e. The highest BCUT2D eigenvalue weighted by atomic mass is 32.1. The van der Waals surface area contributed by atoms with E-state index in [4.69, 9.17) is 22.7 Å². The van der Waals surface area contributed by atoms with Crippen LogP contribution in [0.1, 0.15) is 25.0 Å². The molecule has 0 aliphatic heterocycles. The first kappa shape index (κ1) is 14.9. The van der Waals surface area contributed by atoms with E-state index in [2.05, 4.69) is 23.7 Å². The molecule has 0 unspecified atom stereocenters. The molecule has 2 N–H and O–H groups in total. The van der Waals surface area contributed by atoms with E-state index in [9.17, 15) is 0 Å². The monoisotopic (exact) mass is 267 g/mol. The first-order chi connectivity index (χ1) is 8.49. The number of pyridine rings is 1. The predicted octanol–water partition coefficient (Wildman–Crippen LogP) is 1.89. The summed E-state index contributed by atoms with van der Waals surface area (Å²) in [6.07, 6.45) is 1.79. The Balaban J connectivity index is 3.19. The zero-order chi connectivity index (χ0) is 13.7. The van der Waals surface area contributed by atoms with Crippen molar-refractivity contribution in [3.63, 3.8) is 0 Å². The zero-order valence-corrected chi connectivity index (χ0v) is 12.3. The fourth-order valence-corrected chi connectivity index (χ4v) is 2.12. The van der Waals surface area contributed by atoms with Gasteiger partial charge in [0.25, 0.3) is 0 Å².